The molecule has 0 aliphatic rings. The first kappa shape index (κ1) is 21.8. The standard InChI is InChI=1S/C17H11ClF6N4O2/c18-9-7-25-15(26-8-9)30-11-4-1-3-10-12(11)28(6-2-5-16(19,20)21)14(29)13(27-10)17(22,23)24/h1,3-4,7-8H,2,5-6H2. The summed E-state index contributed by atoms with van der Waals surface area (Å²) in [6, 6.07) is 3.56. The molecule has 1 aromatic carbocycles. The Morgan fingerprint density at radius 1 is 1.07 bits per heavy atom. The molecule has 0 aliphatic heterocycles. The Labute approximate surface area is 169 Å². The number of aromatic nitrogens is 4. The molecule has 160 valence electrons. The molecule has 2 heterocycles. The molecule has 0 fully saturated rings. The Balaban J connectivity index is 2.15. The van der Waals surface area contributed by atoms with Gasteiger partial charge in [0.2, 0.25) is 5.69 Å². The van der Waals surface area contributed by atoms with Gasteiger partial charge in [-0.05, 0) is 18.6 Å². The van der Waals surface area contributed by atoms with E-state index < -0.39 is 43.0 Å². The number of halogens is 7. The van der Waals surface area contributed by atoms with Gasteiger partial charge in [0.25, 0.3) is 5.56 Å². The largest absolute Gasteiger partial charge is 0.438 e. The van der Waals surface area contributed by atoms with Gasteiger partial charge in [-0.15, -0.1) is 0 Å². The lowest BCUT2D eigenvalue weighted by Gasteiger charge is -2.16. The summed E-state index contributed by atoms with van der Waals surface area (Å²) in [6.45, 7) is -0.637. The Kier molecular flexibility index (Phi) is 5.88. The van der Waals surface area contributed by atoms with Gasteiger partial charge in [0.1, 0.15) is 5.52 Å². The van der Waals surface area contributed by atoms with Crippen LogP contribution in [-0.4, -0.2) is 25.7 Å². The van der Waals surface area contributed by atoms with Crippen LogP contribution in [0, 0.1) is 0 Å². The number of fused-ring (bicyclic) bond motifs is 1. The molecule has 0 bridgehead atoms. The van der Waals surface area contributed by atoms with Gasteiger partial charge in [-0.2, -0.15) is 26.3 Å². The highest BCUT2D eigenvalue weighted by atomic mass is 35.5. The predicted octanol–water partition coefficient (Wildman–Crippen LogP) is 4.99. The first-order valence-electron chi connectivity index (χ1n) is 8.28. The summed E-state index contributed by atoms with van der Waals surface area (Å²) in [7, 11) is 0. The number of benzene rings is 1. The second-order valence-corrected chi connectivity index (χ2v) is 6.48. The van der Waals surface area contributed by atoms with E-state index in [1.54, 1.807) is 0 Å². The number of alkyl halides is 6. The van der Waals surface area contributed by atoms with Crippen molar-refractivity contribution in [3.63, 3.8) is 0 Å². The molecule has 0 N–H and O–H groups in total. The Bertz CT molecular complexity index is 1110. The second-order valence-electron chi connectivity index (χ2n) is 6.04. The number of rotatable bonds is 5. The summed E-state index contributed by atoms with van der Waals surface area (Å²) in [5.41, 5.74) is -3.82. The van der Waals surface area contributed by atoms with Crippen molar-refractivity contribution in [2.24, 2.45) is 0 Å². The zero-order valence-corrected chi connectivity index (χ0v) is 15.5. The van der Waals surface area contributed by atoms with Gasteiger partial charge in [-0.25, -0.2) is 15.0 Å². The number of aryl methyl sites for hydroxylation is 1. The molecule has 0 atom stereocenters. The van der Waals surface area contributed by atoms with Crippen molar-refractivity contribution in [3.05, 3.63) is 51.7 Å². The monoisotopic (exact) mass is 452 g/mol. The highest BCUT2D eigenvalue weighted by molar-refractivity contribution is 6.30. The third-order valence-corrected chi connectivity index (χ3v) is 4.03. The Morgan fingerprint density at radius 3 is 2.33 bits per heavy atom. The van der Waals surface area contributed by atoms with Crippen LogP contribution in [0.3, 0.4) is 0 Å². The summed E-state index contributed by atoms with van der Waals surface area (Å²) < 4.78 is 83.2. The molecule has 0 radical (unpaired) electrons. The molecule has 0 amide bonds. The van der Waals surface area contributed by atoms with Gasteiger partial charge >= 0.3 is 18.4 Å². The maximum atomic E-state index is 13.2. The fraction of sp³-hybridized carbons (Fsp3) is 0.294. The topological polar surface area (TPSA) is 69.9 Å². The highest BCUT2D eigenvalue weighted by Gasteiger charge is 2.38. The van der Waals surface area contributed by atoms with Crippen molar-refractivity contribution in [3.8, 4) is 11.8 Å². The molecule has 0 unspecified atom stereocenters. The smallest absolute Gasteiger partial charge is 0.422 e. The molecule has 6 nitrogen and oxygen atoms in total. The summed E-state index contributed by atoms with van der Waals surface area (Å²) in [4.78, 5) is 23.4. The van der Waals surface area contributed by atoms with E-state index in [0.29, 0.717) is 4.57 Å². The molecule has 30 heavy (non-hydrogen) atoms. The van der Waals surface area contributed by atoms with E-state index in [4.69, 9.17) is 16.3 Å². The fourth-order valence-electron chi connectivity index (χ4n) is 2.64. The maximum absolute atomic E-state index is 13.2. The van der Waals surface area contributed by atoms with Crippen LogP contribution < -0.4 is 10.3 Å². The van der Waals surface area contributed by atoms with E-state index in [1.165, 1.54) is 30.6 Å². The molecule has 2 aromatic heterocycles. The van der Waals surface area contributed by atoms with E-state index in [-0.39, 0.29) is 27.8 Å². The summed E-state index contributed by atoms with van der Waals surface area (Å²) >= 11 is 5.68. The van der Waals surface area contributed by atoms with E-state index in [1.807, 2.05) is 0 Å². The van der Waals surface area contributed by atoms with Crippen LogP contribution in [0.4, 0.5) is 26.3 Å². The molecule has 0 saturated carbocycles. The summed E-state index contributed by atoms with van der Waals surface area (Å²) in [5.74, 6) is -0.153. The number of ether oxygens (including phenoxy) is 1. The van der Waals surface area contributed by atoms with Crippen molar-refractivity contribution in [1.29, 1.82) is 0 Å². The third kappa shape index (κ3) is 4.99. The summed E-state index contributed by atoms with van der Waals surface area (Å²) in [5, 5.41) is 0.195. The molecule has 0 saturated heterocycles. The molecule has 13 heteroatoms. The van der Waals surface area contributed by atoms with Crippen LogP contribution in [0.5, 0.6) is 11.8 Å². The highest BCUT2D eigenvalue weighted by Crippen LogP contribution is 2.31. The SMILES string of the molecule is O=c1c(C(F)(F)F)nc2cccc(Oc3ncc(Cl)cn3)c2n1CCCC(F)(F)F. The normalized spacial score (nSPS) is 12.4. The minimum absolute atomic E-state index is 0.153. The van der Waals surface area contributed by atoms with E-state index in [2.05, 4.69) is 15.0 Å². The molecule has 3 aromatic rings. The Morgan fingerprint density at radius 2 is 1.73 bits per heavy atom. The molecular formula is C17H11ClF6N4O2. The van der Waals surface area contributed by atoms with Crippen molar-refractivity contribution in [2.45, 2.75) is 31.7 Å². The number of hydrogen-bond donors (Lipinski definition) is 0. The average molecular weight is 453 g/mol. The zero-order chi connectivity index (χ0) is 22.1. The van der Waals surface area contributed by atoms with Crippen LogP contribution in [-0.2, 0) is 12.7 Å². The molecule has 0 spiro atoms. The number of hydrogen-bond acceptors (Lipinski definition) is 5. The minimum atomic E-state index is -5.09. The molecular weight excluding hydrogens is 442 g/mol. The van der Waals surface area contributed by atoms with Crippen LogP contribution in [0.25, 0.3) is 11.0 Å². The third-order valence-electron chi connectivity index (χ3n) is 3.84. The summed E-state index contributed by atoms with van der Waals surface area (Å²) in [6.07, 6.45) is -9.13. The minimum Gasteiger partial charge on any atom is -0.422 e. The van der Waals surface area contributed by atoms with Crippen molar-refractivity contribution in [1.82, 2.24) is 19.5 Å². The fourth-order valence-corrected chi connectivity index (χ4v) is 2.74. The van der Waals surface area contributed by atoms with Crippen molar-refractivity contribution < 1.29 is 31.1 Å². The van der Waals surface area contributed by atoms with E-state index in [0.717, 1.165) is 0 Å². The molecule has 0 aliphatic carbocycles. The van der Waals surface area contributed by atoms with Gasteiger partial charge < -0.3 is 9.30 Å². The lowest BCUT2D eigenvalue weighted by molar-refractivity contribution is -0.142. The van der Waals surface area contributed by atoms with E-state index >= 15 is 0 Å². The second kappa shape index (κ2) is 8.09. The van der Waals surface area contributed by atoms with Crippen molar-refractivity contribution in [2.75, 3.05) is 0 Å². The Hall–Kier alpha value is -2.89. The number of para-hydroxylation sites is 1. The van der Waals surface area contributed by atoms with Gasteiger partial charge in [0.15, 0.2) is 5.75 Å². The van der Waals surface area contributed by atoms with Crippen LogP contribution in [0.15, 0.2) is 35.4 Å². The number of nitrogens with zero attached hydrogens (tertiary/aromatic N) is 4. The van der Waals surface area contributed by atoms with Gasteiger partial charge in [0.05, 0.1) is 22.9 Å². The van der Waals surface area contributed by atoms with Crippen LogP contribution in [0.1, 0.15) is 18.5 Å². The van der Waals surface area contributed by atoms with Gasteiger partial charge in [-0.1, -0.05) is 17.7 Å². The lowest BCUT2D eigenvalue weighted by atomic mass is 10.2. The van der Waals surface area contributed by atoms with Crippen molar-refractivity contribution >= 4 is 22.6 Å². The lowest BCUT2D eigenvalue weighted by Crippen LogP contribution is -2.31. The quantitative estimate of drug-likeness (QED) is 0.510. The first-order chi connectivity index (χ1) is 14.0. The van der Waals surface area contributed by atoms with Gasteiger partial charge in [-0.3, -0.25) is 4.79 Å². The van der Waals surface area contributed by atoms with Crippen LogP contribution in [0.2, 0.25) is 5.02 Å². The first-order valence-corrected chi connectivity index (χ1v) is 8.66. The van der Waals surface area contributed by atoms with Crippen LogP contribution >= 0.6 is 11.6 Å². The maximum Gasteiger partial charge on any atom is 0.438 e. The zero-order valence-electron chi connectivity index (χ0n) is 14.8. The molecule has 3 rings (SSSR count). The predicted molar refractivity (Wildman–Crippen MR) is 93.4 cm³/mol. The van der Waals surface area contributed by atoms with E-state index in [9.17, 15) is 31.1 Å². The average Bonchev–Trinajstić information content (AvgIpc) is 2.63. The van der Waals surface area contributed by atoms with Gasteiger partial charge in [0, 0.05) is 13.0 Å².